The van der Waals surface area contributed by atoms with Crippen LogP contribution in [-0.2, 0) is 4.79 Å². The number of H-pyrrole nitrogens is 1. The minimum Gasteiger partial charge on any atom is -0.484 e. The maximum Gasteiger partial charge on any atom is 0.262 e. The molecule has 2 N–H and O–H groups in total. The predicted octanol–water partition coefficient (Wildman–Crippen LogP) is 3.80. The number of carbonyl (C=O) groups is 1. The summed E-state index contributed by atoms with van der Waals surface area (Å²) in [6.45, 7) is 3.99. The molecule has 0 fully saturated rings. The molecular formula is C18H18N2O2. The largest absolute Gasteiger partial charge is 0.484 e. The van der Waals surface area contributed by atoms with Gasteiger partial charge in [-0.3, -0.25) is 4.79 Å². The lowest BCUT2D eigenvalue weighted by atomic mass is 10.2. The lowest BCUT2D eigenvalue weighted by Gasteiger charge is -2.08. The molecule has 0 saturated heterocycles. The number of hydrogen-bond donors (Lipinski definition) is 2. The smallest absolute Gasteiger partial charge is 0.262 e. The van der Waals surface area contributed by atoms with Crippen LogP contribution in [0.15, 0.2) is 48.5 Å². The van der Waals surface area contributed by atoms with Crippen LogP contribution in [-0.4, -0.2) is 17.5 Å². The summed E-state index contributed by atoms with van der Waals surface area (Å²) in [5, 5.41) is 3.90. The van der Waals surface area contributed by atoms with E-state index in [0.717, 1.165) is 27.8 Å². The highest BCUT2D eigenvalue weighted by Crippen LogP contribution is 2.24. The zero-order valence-corrected chi connectivity index (χ0v) is 12.6. The van der Waals surface area contributed by atoms with Crippen molar-refractivity contribution in [1.82, 2.24) is 4.98 Å². The zero-order chi connectivity index (χ0) is 15.5. The van der Waals surface area contributed by atoms with Gasteiger partial charge in [0.25, 0.3) is 5.91 Å². The number of aryl methyl sites for hydroxylation is 2. The predicted molar refractivity (Wildman–Crippen MR) is 88.3 cm³/mol. The first kappa shape index (κ1) is 14.2. The van der Waals surface area contributed by atoms with Gasteiger partial charge in [0.1, 0.15) is 5.75 Å². The average molecular weight is 294 g/mol. The molecule has 0 aliphatic heterocycles. The quantitative estimate of drug-likeness (QED) is 0.769. The van der Waals surface area contributed by atoms with Crippen molar-refractivity contribution in [2.75, 3.05) is 11.9 Å². The Morgan fingerprint density at radius 3 is 2.68 bits per heavy atom. The van der Waals surface area contributed by atoms with Crippen LogP contribution in [0.2, 0.25) is 0 Å². The van der Waals surface area contributed by atoms with Crippen molar-refractivity contribution in [1.29, 1.82) is 0 Å². The van der Waals surface area contributed by atoms with Gasteiger partial charge in [0.2, 0.25) is 0 Å². The lowest BCUT2D eigenvalue weighted by molar-refractivity contribution is -0.118. The highest BCUT2D eigenvalue weighted by atomic mass is 16.5. The Labute approximate surface area is 129 Å². The fourth-order valence-corrected chi connectivity index (χ4v) is 2.37. The third-order valence-corrected chi connectivity index (χ3v) is 3.46. The number of ether oxygens (including phenoxy) is 1. The summed E-state index contributed by atoms with van der Waals surface area (Å²) in [4.78, 5) is 15.3. The van der Waals surface area contributed by atoms with Crippen LogP contribution in [0.25, 0.3) is 10.9 Å². The first-order valence-electron chi connectivity index (χ1n) is 7.19. The summed E-state index contributed by atoms with van der Waals surface area (Å²) in [6.07, 6.45) is 0. The van der Waals surface area contributed by atoms with E-state index in [1.807, 2.05) is 62.4 Å². The Hall–Kier alpha value is -2.75. The normalized spacial score (nSPS) is 10.6. The molecule has 3 aromatic rings. The molecule has 4 nitrogen and oxygen atoms in total. The molecule has 112 valence electrons. The molecule has 0 saturated carbocycles. The number of aromatic amines is 1. The monoisotopic (exact) mass is 294 g/mol. The summed E-state index contributed by atoms with van der Waals surface area (Å²) < 4.78 is 5.49. The van der Waals surface area contributed by atoms with Crippen molar-refractivity contribution in [3.05, 3.63) is 59.8 Å². The van der Waals surface area contributed by atoms with E-state index < -0.39 is 0 Å². The van der Waals surface area contributed by atoms with Crippen LogP contribution in [0.4, 0.5) is 5.69 Å². The van der Waals surface area contributed by atoms with Gasteiger partial charge in [-0.25, -0.2) is 0 Å². The third-order valence-electron chi connectivity index (χ3n) is 3.46. The Morgan fingerprint density at radius 1 is 1.14 bits per heavy atom. The van der Waals surface area contributed by atoms with Crippen molar-refractivity contribution in [2.24, 2.45) is 0 Å². The maximum absolute atomic E-state index is 12.1. The molecule has 4 heteroatoms. The Kier molecular flexibility index (Phi) is 3.83. The molecule has 0 aliphatic carbocycles. The first-order valence-corrected chi connectivity index (χ1v) is 7.19. The minimum absolute atomic E-state index is 0.0111. The van der Waals surface area contributed by atoms with Crippen LogP contribution in [0.5, 0.6) is 5.75 Å². The highest BCUT2D eigenvalue weighted by Gasteiger charge is 2.08. The number of amides is 1. The van der Waals surface area contributed by atoms with Gasteiger partial charge in [0.15, 0.2) is 6.61 Å². The van der Waals surface area contributed by atoms with Crippen LogP contribution in [0.1, 0.15) is 11.3 Å². The van der Waals surface area contributed by atoms with E-state index in [1.54, 1.807) is 0 Å². The van der Waals surface area contributed by atoms with Crippen LogP contribution in [0.3, 0.4) is 0 Å². The van der Waals surface area contributed by atoms with Crippen molar-refractivity contribution in [3.63, 3.8) is 0 Å². The van der Waals surface area contributed by atoms with Crippen LogP contribution < -0.4 is 10.1 Å². The van der Waals surface area contributed by atoms with Gasteiger partial charge in [0.05, 0.1) is 5.69 Å². The number of anilines is 1. The van der Waals surface area contributed by atoms with Gasteiger partial charge in [-0.2, -0.15) is 0 Å². The molecule has 1 aromatic heterocycles. The van der Waals surface area contributed by atoms with Crippen LogP contribution >= 0.6 is 0 Å². The van der Waals surface area contributed by atoms with E-state index in [0.29, 0.717) is 5.75 Å². The van der Waals surface area contributed by atoms with Gasteiger partial charge >= 0.3 is 0 Å². The highest BCUT2D eigenvalue weighted by molar-refractivity contribution is 6.02. The van der Waals surface area contributed by atoms with Crippen molar-refractivity contribution >= 4 is 22.5 Å². The van der Waals surface area contributed by atoms with Crippen LogP contribution in [0, 0.1) is 13.8 Å². The SMILES string of the molecule is Cc1ccc(OCC(=O)Nc2cccc3[nH]c(C)cc23)cc1. The Balaban J connectivity index is 1.67. The van der Waals surface area contributed by atoms with Gasteiger partial charge in [-0.1, -0.05) is 23.8 Å². The minimum atomic E-state index is -0.174. The molecule has 0 spiro atoms. The van der Waals surface area contributed by atoms with Crippen molar-refractivity contribution in [3.8, 4) is 5.75 Å². The number of hydrogen-bond acceptors (Lipinski definition) is 2. The Bertz CT molecular complexity index is 804. The van der Waals surface area contributed by atoms with Crippen molar-refractivity contribution < 1.29 is 9.53 Å². The number of aromatic nitrogens is 1. The topological polar surface area (TPSA) is 54.1 Å². The van der Waals surface area contributed by atoms with E-state index in [2.05, 4.69) is 10.3 Å². The zero-order valence-electron chi connectivity index (χ0n) is 12.6. The molecule has 0 atom stereocenters. The number of nitrogens with one attached hydrogen (secondary N) is 2. The van der Waals surface area contributed by atoms with E-state index in [9.17, 15) is 4.79 Å². The summed E-state index contributed by atoms with van der Waals surface area (Å²) in [7, 11) is 0. The maximum atomic E-state index is 12.1. The second-order valence-electron chi connectivity index (χ2n) is 5.37. The molecule has 0 unspecified atom stereocenters. The van der Waals surface area contributed by atoms with E-state index in [1.165, 1.54) is 0 Å². The van der Waals surface area contributed by atoms with E-state index in [4.69, 9.17) is 4.74 Å². The summed E-state index contributed by atoms with van der Waals surface area (Å²) in [5.74, 6) is 0.517. The molecule has 0 bridgehead atoms. The number of fused-ring (bicyclic) bond motifs is 1. The summed E-state index contributed by atoms with van der Waals surface area (Å²) >= 11 is 0. The second kappa shape index (κ2) is 5.93. The standard InChI is InChI=1S/C18H18N2O2/c1-12-6-8-14(9-7-12)22-11-18(21)20-17-5-3-4-16-15(17)10-13(2)19-16/h3-10,19H,11H2,1-2H3,(H,20,21). The van der Waals surface area contributed by atoms with E-state index in [-0.39, 0.29) is 12.5 Å². The molecule has 2 aromatic carbocycles. The molecule has 22 heavy (non-hydrogen) atoms. The number of carbonyl (C=O) groups excluding carboxylic acids is 1. The number of benzene rings is 2. The fraction of sp³-hybridized carbons (Fsp3) is 0.167. The molecule has 0 radical (unpaired) electrons. The molecule has 0 aliphatic rings. The lowest BCUT2D eigenvalue weighted by Crippen LogP contribution is -2.20. The average Bonchev–Trinajstić information content (AvgIpc) is 2.88. The summed E-state index contributed by atoms with van der Waals surface area (Å²) in [6, 6.07) is 15.4. The third kappa shape index (κ3) is 3.11. The van der Waals surface area contributed by atoms with E-state index >= 15 is 0 Å². The number of rotatable bonds is 4. The first-order chi connectivity index (χ1) is 10.6. The molecule has 1 amide bonds. The fourth-order valence-electron chi connectivity index (χ4n) is 2.37. The van der Waals surface area contributed by atoms with Gasteiger partial charge in [-0.15, -0.1) is 0 Å². The second-order valence-corrected chi connectivity index (χ2v) is 5.37. The Morgan fingerprint density at radius 2 is 1.91 bits per heavy atom. The van der Waals surface area contributed by atoms with Gasteiger partial charge in [0, 0.05) is 16.6 Å². The van der Waals surface area contributed by atoms with Gasteiger partial charge < -0.3 is 15.0 Å². The van der Waals surface area contributed by atoms with Gasteiger partial charge in [-0.05, 0) is 44.2 Å². The summed E-state index contributed by atoms with van der Waals surface area (Å²) in [5.41, 5.74) is 4.02. The molecular weight excluding hydrogens is 276 g/mol. The molecule has 1 heterocycles. The molecule has 3 rings (SSSR count). The van der Waals surface area contributed by atoms with Crippen molar-refractivity contribution in [2.45, 2.75) is 13.8 Å².